The summed E-state index contributed by atoms with van der Waals surface area (Å²) in [4.78, 5) is 0. The molecular formula is C28H28F9O3PS. The van der Waals surface area contributed by atoms with Crippen molar-refractivity contribution >= 4 is 34.0 Å². The second kappa shape index (κ2) is 13.3. The molecule has 0 bridgehead atoms. The predicted octanol–water partition coefficient (Wildman–Crippen LogP) is 7.43. The maximum atomic E-state index is 12.2. The zero-order chi connectivity index (χ0) is 32.1. The minimum Gasteiger partial charge on any atom is -0.281 e. The molecule has 0 fully saturated rings. The molecule has 0 atom stereocenters. The molecule has 0 aromatic heterocycles. The molecule has 0 aliphatic carbocycles. The second-order valence-corrected chi connectivity index (χ2v) is 12.6. The third-order valence-corrected chi connectivity index (χ3v) is 9.74. The minimum atomic E-state index is -7.37. The van der Waals surface area contributed by atoms with Crippen LogP contribution in [0.1, 0.15) is 37.5 Å². The number of alkyl halides is 9. The lowest BCUT2D eigenvalue weighted by Crippen LogP contribution is -2.63. The molecule has 42 heavy (non-hydrogen) atoms. The molecule has 0 saturated carbocycles. The smallest absolute Gasteiger partial charge is 0.281 e. The van der Waals surface area contributed by atoms with Crippen LogP contribution >= 0.6 is 7.92 Å². The molecule has 3 aromatic carbocycles. The van der Waals surface area contributed by atoms with Crippen LogP contribution in [-0.4, -0.2) is 36.2 Å². The van der Waals surface area contributed by atoms with Gasteiger partial charge in [-0.25, -0.2) is 0 Å². The third-order valence-electron chi connectivity index (χ3n) is 6.19. The van der Waals surface area contributed by atoms with Gasteiger partial charge < -0.3 is 0 Å². The summed E-state index contributed by atoms with van der Waals surface area (Å²) < 4.78 is 134. The van der Waals surface area contributed by atoms with Crippen LogP contribution in [0.3, 0.4) is 0 Å². The molecule has 14 heteroatoms. The Hall–Kier alpha value is -2.63. The fourth-order valence-electron chi connectivity index (χ4n) is 3.95. The molecule has 3 nitrogen and oxygen atoms in total. The Balaban J connectivity index is 0.000000319. The number of rotatable bonds is 9. The van der Waals surface area contributed by atoms with E-state index in [0.717, 1.165) is 19.3 Å². The van der Waals surface area contributed by atoms with Crippen molar-refractivity contribution in [3.05, 3.63) is 89.5 Å². The summed E-state index contributed by atoms with van der Waals surface area (Å²) in [5.41, 5.74) is 4.51. The Morgan fingerprint density at radius 3 is 1.31 bits per heavy atom. The number of aryl methyl sites for hydroxylation is 3. The maximum Gasteiger partial charge on any atom is 0.460 e. The Bertz CT molecular complexity index is 1370. The van der Waals surface area contributed by atoms with Gasteiger partial charge in [0.15, 0.2) is 0 Å². The van der Waals surface area contributed by atoms with Crippen molar-refractivity contribution in [3.63, 3.8) is 0 Å². The van der Waals surface area contributed by atoms with Crippen molar-refractivity contribution in [2.24, 2.45) is 0 Å². The average molecular weight is 647 g/mol. The topological polar surface area (TPSA) is 54.4 Å². The minimum absolute atomic E-state index is 0.517. The van der Waals surface area contributed by atoms with E-state index in [1.807, 2.05) is 0 Å². The van der Waals surface area contributed by atoms with Crippen LogP contribution in [0.15, 0.2) is 72.8 Å². The first kappa shape index (κ1) is 35.6. The van der Waals surface area contributed by atoms with Crippen LogP contribution in [0.5, 0.6) is 0 Å². The summed E-state index contributed by atoms with van der Waals surface area (Å²) in [6, 6.07) is 27.0. The second-order valence-electron chi connectivity index (χ2n) is 8.97. The summed E-state index contributed by atoms with van der Waals surface area (Å²) in [5, 5.41) is -2.54. The normalized spacial score (nSPS) is 13.1. The van der Waals surface area contributed by atoms with Gasteiger partial charge in [0.2, 0.25) is 0 Å². The van der Waals surface area contributed by atoms with Gasteiger partial charge in [0.05, 0.1) is 0 Å². The molecule has 0 aliphatic heterocycles. The number of halogens is 9. The fraction of sp³-hybridized carbons (Fsp3) is 0.357. The summed E-state index contributed by atoms with van der Waals surface area (Å²) in [5.74, 6) is -14.7. The average Bonchev–Trinajstić information content (AvgIpc) is 2.93. The van der Waals surface area contributed by atoms with E-state index >= 15 is 0 Å². The van der Waals surface area contributed by atoms with Crippen molar-refractivity contribution in [1.82, 2.24) is 0 Å². The van der Waals surface area contributed by atoms with Gasteiger partial charge in [0.1, 0.15) is 0 Å². The maximum absolute atomic E-state index is 12.2. The third kappa shape index (κ3) is 7.11. The van der Waals surface area contributed by atoms with E-state index in [1.165, 1.54) is 27.3 Å². The van der Waals surface area contributed by atoms with Gasteiger partial charge in [-0.1, -0.05) is 93.6 Å². The molecule has 0 spiro atoms. The van der Waals surface area contributed by atoms with Crippen LogP contribution in [0.25, 0.3) is 0 Å². The lowest BCUT2D eigenvalue weighted by atomic mass is 10.0. The largest absolute Gasteiger partial charge is 0.460 e. The molecule has 232 valence electrons. The van der Waals surface area contributed by atoms with E-state index in [1.54, 1.807) is 5.30 Å². The molecule has 0 amide bonds. The first-order valence-corrected chi connectivity index (χ1v) is 15.3. The number of benzene rings is 3. The van der Waals surface area contributed by atoms with Crippen LogP contribution < -0.4 is 15.9 Å². The first-order chi connectivity index (χ1) is 19.3. The van der Waals surface area contributed by atoms with Gasteiger partial charge in [0.25, 0.3) is 0 Å². The Morgan fingerprint density at radius 2 is 1.02 bits per heavy atom. The summed E-state index contributed by atoms with van der Waals surface area (Å²) in [6.45, 7) is 6.84. The van der Waals surface area contributed by atoms with E-state index in [0.29, 0.717) is 0 Å². The van der Waals surface area contributed by atoms with Gasteiger partial charge in [-0.2, -0.15) is 47.9 Å². The van der Waals surface area contributed by atoms with E-state index in [2.05, 4.69) is 93.6 Å². The Morgan fingerprint density at radius 1 is 0.643 bits per heavy atom. The van der Waals surface area contributed by atoms with E-state index in [-0.39, 0.29) is 0 Å². The van der Waals surface area contributed by atoms with Gasteiger partial charge in [-0.05, 0) is 59.8 Å². The van der Waals surface area contributed by atoms with E-state index < -0.39 is 41.3 Å². The van der Waals surface area contributed by atoms with Gasteiger partial charge in [-0.15, -0.1) is 0 Å². The van der Waals surface area contributed by atoms with Crippen LogP contribution in [0.4, 0.5) is 39.5 Å². The van der Waals surface area contributed by atoms with Gasteiger partial charge >= 0.3 is 33.4 Å². The first-order valence-electron chi connectivity index (χ1n) is 12.5. The van der Waals surface area contributed by atoms with Crippen LogP contribution in [0.2, 0.25) is 0 Å². The van der Waals surface area contributed by atoms with Crippen LogP contribution in [0, 0.1) is 0 Å². The van der Waals surface area contributed by atoms with Crippen molar-refractivity contribution in [1.29, 1.82) is 0 Å². The SMILES string of the molecule is CCc1cc(CC)c(P(c2ccccc2)c2ccccc2)c(CC)c1.O=S(=O)(O)C(F)(F)C(F)(F)C(F)(F)C(F)(F)F. The zero-order valence-corrected chi connectivity index (χ0v) is 24.3. The molecule has 0 unspecified atom stereocenters. The zero-order valence-electron chi connectivity index (χ0n) is 22.6. The number of hydrogen-bond donors (Lipinski definition) is 1. The van der Waals surface area contributed by atoms with Crippen LogP contribution in [-0.2, 0) is 29.4 Å². The highest BCUT2D eigenvalue weighted by Gasteiger charge is 2.85. The quantitative estimate of drug-likeness (QED) is 0.150. The lowest BCUT2D eigenvalue weighted by Gasteiger charge is -2.31. The predicted molar refractivity (Wildman–Crippen MR) is 146 cm³/mol. The summed E-state index contributed by atoms with van der Waals surface area (Å²) in [6.07, 6.45) is -3.84. The highest BCUT2D eigenvalue weighted by Crippen LogP contribution is 2.54. The molecule has 3 rings (SSSR count). The Labute approximate surface area is 239 Å². The summed E-state index contributed by atoms with van der Waals surface area (Å²) in [7, 11) is -7.68. The highest BCUT2D eigenvalue weighted by molar-refractivity contribution is 7.87. The van der Waals surface area contributed by atoms with Gasteiger partial charge in [0, 0.05) is 0 Å². The van der Waals surface area contributed by atoms with Crippen molar-refractivity contribution in [2.75, 3.05) is 0 Å². The van der Waals surface area contributed by atoms with Crippen molar-refractivity contribution in [2.45, 2.75) is 63.3 Å². The van der Waals surface area contributed by atoms with Gasteiger partial charge in [-0.3, -0.25) is 4.55 Å². The number of hydrogen-bond acceptors (Lipinski definition) is 2. The molecule has 0 heterocycles. The van der Waals surface area contributed by atoms with Crippen molar-refractivity contribution < 1.29 is 52.5 Å². The molecule has 0 radical (unpaired) electrons. The molecule has 0 saturated heterocycles. The Kier molecular flexibility index (Phi) is 11.3. The van der Waals surface area contributed by atoms with E-state index in [9.17, 15) is 47.9 Å². The van der Waals surface area contributed by atoms with E-state index in [4.69, 9.17) is 4.55 Å². The van der Waals surface area contributed by atoms with Crippen molar-refractivity contribution in [3.8, 4) is 0 Å². The lowest BCUT2D eigenvalue weighted by molar-refractivity contribution is -0.382. The molecular weight excluding hydrogens is 618 g/mol. The molecule has 0 aliphatic rings. The highest BCUT2D eigenvalue weighted by atomic mass is 32.2. The molecule has 1 N–H and O–H groups in total. The summed E-state index contributed by atoms with van der Waals surface area (Å²) >= 11 is 0. The fourth-order valence-corrected chi connectivity index (χ4v) is 7.17. The standard InChI is InChI=1S/C24H27P.C4HF9O3S/c1-4-19-17-20(5-2)24(21(6-3)18-19)25(22-13-9-7-10-14-22)23-15-11-8-12-16-23;5-1(6,3(9,10)11)2(7,8)4(12,13)17(14,15)16/h7-18H,4-6H2,1-3H3;(H,14,15,16). The molecule has 3 aromatic rings. The monoisotopic (exact) mass is 646 g/mol.